The third-order valence-electron chi connectivity index (χ3n) is 3.68. The summed E-state index contributed by atoms with van der Waals surface area (Å²) >= 11 is -5.38. The molecule has 0 rings (SSSR count). The Morgan fingerprint density at radius 2 is 0.913 bits per heavy atom. The van der Waals surface area contributed by atoms with E-state index in [4.69, 9.17) is 15.7 Å². The van der Waals surface area contributed by atoms with Crippen LogP contribution in [0.25, 0.3) is 0 Å². The Morgan fingerprint density at radius 1 is 0.652 bits per heavy atom. The third kappa shape index (κ3) is 39.0. The van der Waals surface area contributed by atoms with Crippen molar-refractivity contribution >= 4 is 0 Å². The zero-order valence-electron chi connectivity index (χ0n) is 15.7. The van der Waals surface area contributed by atoms with E-state index in [-0.39, 0.29) is 0 Å². The van der Waals surface area contributed by atoms with E-state index in [1.54, 1.807) is 0 Å². The molecule has 0 amide bonds. The zero-order valence-corrected chi connectivity index (χ0v) is 16.9. The van der Waals surface area contributed by atoms with Crippen molar-refractivity contribution in [2.24, 2.45) is 0 Å². The first kappa shape index (κ1) is 25.1. The van der Waals surface area contributed by atoms with Gasteiger partial charge in [-0.05, 0) is 12.8 Å². The van der Waals surface area contributed by atoms with Gasteiger partial charge in [-0.2, -0.15) is 0 Å². The normalized spacial score (nSPS) is 11.9. The van der Waals surface area contributed by atoms with Crippen LogP contribution in [0.4, 0.5) is 0 Å². The molecule has 0 aromatic heterocycles. The SMILES string of the molecule is CCCCCCCCCCCCCC[N+](C)(C)C.[O]=[Mn](=[O])(=[O])[OH]. The number of hydrogen-bond acceptors (Lipinski definition) is 3. The fourth-order valence-electron chi connectivity index (χ4n) is 2.43. The maximum atomic E-state index is 8.69. The van der Waals surface area contributed by atoms with E-state index in [0.29, 0.717) is 0 Å². The predicted octanol–water partition coefficient (Wildman–Crippen LogP) is 4.48. The Bertz CT molecular complexity index is 380. The Balaban J connectivity index is 0. The second-order valence-electron chi connectivity index (χ2n) is 7.30. The quantitative estimate of drug-likeness (QED) is 0.292. The van der Waals surface area contributed by atoms with Gasteiger partial charge in [0.15, 0.2) is 0 Å². The predicted molar refractivity (Wildman–Crippen MR) is 88.3 cm³/mol. The Morgan fingerprint density at radius 3 is 1.17 bits per heavy atom. The van der Waals surface area contributed by atoms with E-state index < -0.39 is 13.0 Å². The van der Waals surface area contributed by atoms with Gasteiger partial charge in [0.1, 0.15) is 0 Å². The molecule has 0 saturated carbocycles. The fraction of sp³-hybridized carbons (Fsp3) is 1.00. The molecule has 6 heteroatoms. The molecule has 0 atom stereocenters. The van der Waals surface area contributed by atoms with Gasteiger partial charge in [0.2, 0.25) is 0 Å². The first-order valence-electron chi connectivity index (χ1n) is 9.00. The van der Waals surface area contributed by atoms with Gasteiger partial charge in [-0.3, -0.25) is 0 Å². The number of quaternary nitrogens is 1. The molecule has 0 saturated heterocycles. The second kappa shape index (κ2) is 15.4. The van der Waals surface area contributed by atoms with Crippen molar-refractivity contribution in [2.75, 3.05) is 27.7 Å². The molecule has 23 heavy (non-hydrogen) atoms. The molecule has 0 aliphatic heterocycles. The van der Waals surface area contributed by atoms with E-state index in [9.17, 15) is 0 Å². The van der Waals surface area contributed by atoms with E-state index >= 15 is 0 Å². The summed E-state index contributed by atoms with van der Waals surface area (Å²) in [6.45, 7) is 3.62. The molecule has 0 aromatic carbocycles. The van der Waals surface area contributed by atoms with Gasteiger partial charge in [0, 0.05) is 0 Å². The van der Waals surface area contributed by atoms with Crippen LogP contribution in [0.15, 0.2) is 0 Å². The van der Waals surface area contributed by atoms with Crippen molar-refractivity contribution in [2.45, 2.75) is 84.0 Å². The molecule has 0 unspecified atom stereocenters. The minimum atomic E-state index is -5.38. The molecule has 0 aliphatic carbocycles. The van der Waals surface area contributed by atoms with E-state index in [1.165, 1.54) is 83.6 Å². The van der Waals surface area contributed by atoms with Crippen LogP contribution in [0.2, 0.25) is 0 Å². The Hall–Kier alpha value is -0.161. The summed E-state index contributed by atoms with van der Waals surface area (Å²) in [7, 11) is 6.87. The van der Waals surface area contributed by atoms with Gasteiger partial charge in [-0.1, -0.05) is 71.1 Å². The maximum absolute atomic E-state index is 8.69. The molecular weight excluding hydrogens is 337 g/mol. The summed E-state index contributed by atoms with van der Waals surface area (Å²) in [5.41, 5.74) is 0. The van der Waals surface area contributed by atoms with Crippen molar-refractivity contribution in [3.63, 3.8) is 0 Å². The van der Waals surface area contributed by atoms with Gasteiger partial charge >= 0.3 is 28.7 Å². The first-order valence-corrected chi connectivity index (χ1v) is 11.0. The van der Waals surface area contributed by atoms with Crippen molar-refractivity contribution in [3.8, 4) is 0 Å². The molecule has 5 nitrogen and oxygen atoms in total. The van der Waals surface area contributed by atoms with Gasteiger partial charge < -0.3 is 4.48 Å². The van der Waals surface area contributed by atoms with Crippen molar-refractivity contribution < 1.29 is 33.1 Å². The zero-order chi connectivity index (χ0) is 18.2. The molecule has 0 spiro atoms. The van der Waals surface area contributed by atoms with Gasteiger partial charge in [-0.25, -0.2) is 0 Å². The monoisotopic (exact) mass is 376 g/mol. The standard InChI is InChI=1S/C17H38N.Mn.H2O.3O/c1-5-6-7-8-9-10-11-12-13-14-15-16-17-18(2,3)4;;;;;/h5-17H2,1-4H3;;1H2;;;/q2*+1;;;;/p-1. The van der Waals surface area contributed by atoms with Gasteiger partial charge in [-0.15, -0.1) is 0 Å². The molecular formula is C17H39MnNO4+. The van der Waals surface area contributed by atoms with Crippen LogP contribution < -0.4 is 0 Å². The summed E-state index contributed by atoms with van der Waals surface area (Å²) in [5, 5.41) is 0. The summed E-state index contributed by atoms with van der Waals surface area (Å²) in [4.78, 5) is 0. The van der Waals surface area contributed by atoms with Crippen molar-refractivity contribution in [3.05, 3.63) is 0 Å². The Kier molecular flexibility index (Phi) is 16.8. The van der Waals surface area contributed by atoms with Crippen LogP contribution in [0.3, 0.4) is 0 Å². The van der Waals surface area contributed by atoms with Gasteiger partial charge in [0.05, 0.1) is 27.7 Å². The van der Waals surface area contributed by atoms with Gasteiger partial charge in [0.25, 0.3) is 0 Å². The van der Waals surface area contributed by atoms with E-state index in [0.717, 1.165) is 4.48 Å². The first-order chi connectivity index (χ1) is 10.6. The molecule has 0 aromatic rings. The van der Waals surface area contributed by atoms with Crippen LogP contribution in [0.5, 0.6) is 0 Å². The number of rotatable bonds is 13. The van der Waals surface area contributed by atoms with Crippen LogP contribution in [-0.2, 0) is 24.5 Å². The topological polar surface area (TPSA) is 71.4 Å². The summed E-state index contributed by atoms with van der Waals surface area (Å²) < 4.78 is 34.2. The molecule has 0 radical (unpaired) electrons. The van der Waals surface area contributed by atoms with Crippen molar-refractivity contribution in [1.29, 1.82) is 0 Å². The summed E-state index contributed by atoms with van der Waals surface area (Å²) in [6, 6.07) is 0. The molecule has 1 N–H and O–H groups in total. The van der Waals surface area contributed by atoms with Crippen LogP contribution in [0, 0.1) is 0 Å². The number of unbranched alkanes of at least 4 members (excludes halogenated alkanes) is 11. The second-order valence-corrected chi connectivity index (χ2v) is 8.54. The Labute approximate surface area is 145 Å². The van der Waals surface area contributed by atoms with E-state index in [1.807, 2.05) is 0 Å². The fourth-order valence-corrected chi connectivity index (χ4v) is 2.43. The van der Waals surface area contributed by atoms with Crippen LogP contribution in [0.1, 0.15) is 84.0 Å². The molecule has 0 bridgehead atoms. The summed E-state index contributed by atoms with van der Waals surface area (Å²) in [6.07, 6.45) is 17.4. The average molecular weight is 376 g/mol. The van der Waals surface area contributed by atoms with Crippen molar-refractivity contribution in [1.82, 2.24) is 0 Å². The molecule has 142 valence electrons. The third-order valence-corrected chi connectivity index (χ3v) is 3.68. The van der Waals surface area contributed by atoms with Crippen LogP contribution in [-0.4, -0.2) is 36.4 Å². The number of hydrogen-bond donors (Lipinski definition) is 1. The number of nitrogens with zero attached hydrogens (tertiary/aromatic N) is 1. The molecule has 0 fully saturated rings. The average Bonchev–Trinajstić information content (AvgIpc) is 2.37. The molecule has 0 heterocycles. The minimum absolute atomic E-state index is 1.12. The van der Waals surface area contributed by atoms with Crippen LogP contribution >= 0.6 is 0 Å². The van der Waals surface area contributed by atoms with E-state index in [2.05, 4.69) is 28.1 Å². The molecule has 0 aliphatic rings. The summed E-state index contributed by atoms with van der Waals surface area (Å²) in [5.74, 6) is 0.